The van der Waals surface area contributed by atoms with Gasteiger partial charge in [0.2, 0.25) is 5.91 Å². The van der Waals surface area contributed by atoms with Crippen LogP contribution in [-0.4, -0.2) is 25.1 Å². The lowest BCUT2D eigenvalue weighted by Crippen LogP contribution is -2.14. The van der Waals surface area contributed by atoms with Crippen LogP contribution in [0, 0.1) is 6.92 Å². The molecular formula is C15H21NO4. The average molecular weight is 279 g/mol. The second-order valence-corrected chi connectivity index (χ2v) is 4.77. The third-order valence-corrected chi connectivity index (χ3v) is 2.61. The largest absolute Gasteiger partial charge is 0.491 e. The standard InChI is InChI=1S/C15H21NO4/c1-10(2)20-13-6-5-12(9-11(13)3)16-14(17)7-8-15(18)19-4/h5-6,9-10H,7-8H2,1-4H3,(H,16,17). The maximum Gasteiger partial charge on any atom is 0.306 e. The fourth-order valence-electron chi connectivity index (χ4n) is 1.65. The van der Waals surface area contributed by atoms with Crippen molar-refractivity contribution in [1.29, 1.82) is 0 Å². The zero-order valence-electron chi connectivity index (χ0n) is 12.4. The summed E-state index contributed by atoms with van der Waals surface area (Å²) < 4.78 is 10.1. The first kappa shape index (κ1) is 16.0. The number of amides is 1. The molecule has 110 valence electrons. The molecule has 0 unspecified atom stereocenters. The number of ether oxygens (including phenoxy) is 2. The van der Waals surface area contributed by atoms with Gasteiger partial charge in [-0.05, 0) is 44.5 Å². The van der Waals surface area contributed by atoms with Crippen molar-refractivity contribution in [2.75, 3.05) is 12.4 Å². The molecule has 0 bridgehead atoms. The predicted octanol–water partition coefficient (Wildman–Crippen LogP) is 2.67. The molecule has 0 aliphatic heterocycles. The molecule has 1 rings (SSSR count). The maximum absolute atomic E-state index is 11.7. The van der Waals surface area contributed by atoms with E-state index in [-0.39, 0.29) is 24.9 Å². The van der Waals surface area contributed by atoms with Gasteiger partial charge in [0, 0.05) is 12.1 Å². The molecule has 20 heavy (non-hydrogen) atoms. The number of hydrogen-bond donors (Lipinski definition) is 1. The highest BCUT2D eigenvalue weighted by Crippen LogP contribution is 2.23. The Morgan fingerprint density at radius 3 is 2.50 bits per heavy atom. The van der Waals surface area contributed by atoms with Crippen molar-refractivity contribution in [3.05, 3.63) is 23.8 Å². The van der Waals surface area contributed by atoms with Crippen LogP contribution in [0.15, 0.2) is 18.2 Å². The minimum atomic E-state index is -0.392. The Kier molecular flexibility index (Phi) is 6.03. The molecule has 0 spiro atoms. The Morgan fingerprint density at radius 2 is 1.95 bits per heavy atom. The average Bonchev–Trinajstić information content (AvgIpc) is 2.38. The van der Waals surface area contributed by atoms with Gasteiger partial charge < -0.3 is 14.8 Å². The van der Waals surface area contributed by atoms with Crippen molar-refractivity contribution in [2.45, 2.75) is 39.7 Å². The van der Waals surface area contributed by atoms with Gasteiger partial charge in [-0.2, -0.15) is 0 Å². The quantitative estimate of drug-likeness (QED) is 0.813. The molecule has 1 aromatic carbocycles. The van der Waals surface area contributed by atoms with E-state index in [0.29, 0.717) is 5.69 Å². The van der Waals surface area contributed by atoms with Crippen molar-refractivity contribution in [1.82, 2.24) is 0 Å². The molecule has 0 aliphatic rings. The summed E-state index contributed by atoms with van der Waals surface area (Å²) in [6.07, 6.45) is 0.292. The number of benzene rings is 1. The van der Waals surface area contributed by atoms with Gasteiger partial charge in [-0.3, -0.25) is 9.59 Å². The fraction of sp³-hybridized carbons (Fsp3) is 0.467. The molecule has 1 amide bonds. The molecule has 0 saturated heterocycles. The molecule has 0 aliphatic carbocycles. The molecule has 1 aromatic rings. The van der Waals surface area contributed by atoms with Crippen LogP contribution < -0.4 is 10.1 Å². The van der Waals surface area contributed by atoms with Gasteiger partial charge in [0.25, 0.3) is 0 Å². The SMILES string of the molecule is COC(=O)CCC(=O)Nc1ccc(OC(C)C)c(C)c1. The predicted molar refractivity (Wildman–Crippen MR) is 76.8 cm³/mol. The third kappa shape index (κ3) is 5.30. The summed E-state index contributed by atoms with van der Waals surface area (Å²) in [6.45, 7) is 5.84. The van der Waals surface area contributed by atoms with Gasteiger partial charge in [0.05, 0.1) is 19.6 Å². The lowest BCUT2D eigenvalue weighted by atomic mass is 10.2. The van der Waals surface area contributed by atoms with E-state index < -0.39 is 5.97 Å². The Morgan fingerprint density at radius 1 is 1.25 bits per heavy atom. The second-order valence-electron chi connectivity index (χ2n) is 4.77. The fourth-order valence-corrected chi connectivity index (χ4v) is 1.65. The monoisotopic (exact) mass is 279 g/mol. The number of nitrogens with one attached hydrogen (secondary N) is 1. The lowest BCUT2D eigenvalue weighted by Gasteiger charge is -2.13. The summed E-state index contributed by atoms with van der Waals surface area (Å²) in [6, 6.07) is 5.44. The molecule has 0 atom stereocenters. The van der Waals surface area contributed by atoms with Crippen LogP contribution in [0.2, 0.25) is 0 Å². The van der Waals surface area contributed by atoms with Crippen molar-refractivity contribution < 1.29 is 19.1 Å². The van der Waals surface area contributed by atoms with E-state index >= 15 is 0 Å². The summed E-state index contributed by atoms with van der Waals surface area (Å²) in [5, 5.41) is 2.74. The van der Waals surface area contributed by atoms with Crippen molar-refractivity contribution in [2.24, 2.45) is 0 Å². The number of anilines is 1. The highest BCUT2D eigenvalue weighted by molar-refractivity contribution is 5.92. The highest BCUT2D eigenvalue weighted by Gasteiger charge is 2.08. The summed E-state index contributed by atoms with van der Waals surface area (Å²) in [7, 11) is 1.30. The Labute approximate surface area is 119 Å². The van der Waals surface area contributed by atoms with Crippen molar-refractivity contribution in [3.63, 3.8) is 0 Å². The number of carbonyl (C=O) groups is 2. The van der Waals surface area contributed by atoms with Gasteiger partial charge >= 0.3 is 5.97 Å². The summed E-state index contributed by atoms with van der Waals surface area (Å²) in [4.78, 5) is 22.6. The van der Waals surface area contributed by atoms with Gasteiger partial charge in [0.15, 0.2) is 0 Å². The first-order valence-corrected chi connectivity index (χ1v) is 6.56. The van der Waals surface area contributed by atoms with Crippen LogP contribution in [0.25, 0.3) is 0 Å². The smallest absolute Gasteiger partial charge is 0.306 e. The number of aryl methyl sites for hydroxylation is 1. The summed E-state index contributed by atoms with van der Waals surface area (Å²) in [5.74, 6) is 0.192. The van der Waals surface area contributed by atoms with Gasteiger partial charge in [-0.15, -0.1) is 0 Å². The van der Waals surface area contributed by atoms with E-state index in [1.165, 1.54) is 7.11 Å². The van der Waals surface area contributed by atoms with E-state index in [2.05, 4.69) is 10.1 Å². The van der Waals surface area contributed by atoms with Crippen molar-refractivity contribution >= 4 is 17.6 Å². The van der Waals surface area contributed by atoms with E-state index in [4.69, 9.17) is 4.74 Å². The van der Waals surface area contributed by atoms with Crippen LogP contribution in [-0.2, 0) is 14.3 Å². The van der Waals surface area contributed by atoms with E-state index in [0.717, 1.165) is 11.3 Å². The van der Waals surface area contributed by atoms with Gasteiger partial charge in [-0.25, -0.2) is 0 Å². The third-order valence-electron chi connectivity index (χ3n) is 2.61. The van der Waals surface area contributed by atoms with Gasteiger partial charge in [0.1, 0.15) is 5.75 Å². The van der Waals surface area contributed by atoms with Crippen LogP contribution in [0.1, 0.15) is 32.3 Å². The van der Waals surface area contributed by atoms with Gasteiger partial charge in [-0.1, -0.05) is 0 Å². The zero-order valence-corrected chi connectivity index (χ0v) is 12.4. The maximum atomic E-state index is 11.7. The summed E-state index contributed by atoms with van der Waals surface area (Å²) in [5.41, 5.74) is 1.64. The minimum absolute atomic E-state index is 0.0792. The normalized spacial score (nSPS) is 10.2. The molecule has 0 aromatic heterocycles. The number of esters is 1. The molecule has 1 N–H and O–H groups in total. The molecule has 5 heteroatoms. The molecule has 0 saturated carbocycles. The van der Waals surface area contributed by atoms with E-state index in [9.17, 15) is 9.59 Å². The lowest BCUT2D eigenvalue weighted by molar-refractivity contribution is -0.141. The number of rotatable bonds is 6. The Hall–Kier alpha value is -2.04. The first-order chi connectivity index (χ1) is 9.42. The molecule has 0 fully saturated rings. The van der Waals surface area contributed by atoms with Crippen LogP contribution in [0.5, 0.6) is 5.75 Å². The second kappa shape index (κ2) is 7.53. The molecule has 0 heterocycles. The number of methoxy groups -OCH3 is 1. The number of carbonyl (C=O) groups excluding carboxylic acids is 2. The highest BCUT2D eigenvalue weighted by atomic mass is 16.5. The topological polar surface area (TPSA) is 64.6 Å². The molecule has 5 nitrogen and oxygen atoms in total. The zero-order chi connectivity index (χ0) is 15.1. The molecule has 0 radical (unpaired) electrons. The molecular weight excluding hydrogens is 258 g/mol. The van der Waals surface area contributed by atoms with Crippen LogP contribution in [0.4, 0.5) is 5.69 Å². The van der Waals surface area contributed by atoms with Crippen molar-refractivity contribution in [3.8, 4) is 5.75 Å². The van der Waals surface area contributed by atoms with E-state index in [1.807, 2.05) is 32.9 Å². The minimum Gasteiger partial charge on any atom is -0.491 e. The van der Waals surface area contributed by atoms with Crippen LogP contribution >= 0.6 is 0 Å². The first-order valence-electron chi connectivity index (χ1n) is 6.56. The van der Waals surface area contributed by atoms with Crippen LogP contribution in [0.3, 0.4) is 0 Å². The Balaban J connectivity index is 2.58. The van der Waals surface area contributed by atoms with E-state index in [1.54, 1.807) is 6.07 Å². The Bertz CT molecular complexity index is 483. The number of hydrogen-bond acceptors (Lipinski definition) is 4. The summed E-state index contributed by atoms with van der Waals surface area (Å²) >= 11 is 0.